The van der Waals surface area contributed by atoms with Gasteiger partial charge in [-0.2, -0.15) is 0 Å². The van der Waals surface area contributed by atoms with Gasteiger partial charge in [-0.1, -0.05) is 106 Å². The molecular formula is C68H114N26O15S2. The predicted octanol–water partition coefficient (Wildman–Crippen LogP) is -6.90. The summed E-state index contributed by atoms with van der Waals surface area (Å²) in [7, 11) is 1.91. The van der Waals surface area contributed by atoms with Crippen LogP contribution in [-0.2, 0) is 80.1 Å². The van der Waals surface area contributed by atoms with Crippen LogP contribution >= 0.6 is 21.6 Å². The van der Waals surface area contributed by atoms with Crippen molar-refractivity contribution in [3.05, 3.63) is 35.4 Å². The number of benzene rings is 1. The summed E-state index contributed by atoms with van der Waals surface area (Å²) in [5.41, 5.74) is 58.0. The van der Waals surface area contributed by atoms with Crippen molar-refractivity contribution < 1.29 is 72.2 Å². The second kappa shape index (κ2) is 48.2. The van der Waals surface area contributed by atoms with Crippen molar-refractivity contribution in [3.63, 3.8) is 0 Å². The van der Waals surface area contributed by atoms with E-state index in [0.717, 1.165) is 28.0 Å². The van der Waals surface area contributed by atoms with Crippen molar-refractivity contribution in [1.82, 2.24) is 63.4 Å². The van der Waals surface area contributed by atoms with Crippen LogP contribution in [0.25, 0.3) is 0 Å². The van der Waals surface area contributed by atoms with Gasteiger partial charge in [0.05, 0.1) is 25.6 Å². The monoisotopic (exact) mass is 1600 g/mol. The number of hydrogen-bond acceptors (Lipinski definition) is 21. The highest BCUT2D eigenvalue weighted by molar-refractivity contribution is 8.76. The van der Waals surface area contributed by atoms with Gasteiger partial charge in [-0.25, -0.2) is 0 Å². The number of primary amides is 1. The molecule has 13 amide bonds. The van der Waals surface area contributed by atoms with E-state index < -0.39 is 186 Å². The number of fused-ring (bicyclic) bond motifs is 2. The summed E-state index contributed by atoms with van der Waals surface area (Å²) in [4.78, 5) is 217. The fraction of sp³-hybridized carbons (Fsp3) is 0.647. The number of nitrogens with one attached hydrogen (secondary N) is 11. The van der Waals surface area contributed by atoms with Crippen LogP contribution in [0.3, 0.4) is 0 Å². The summed E-state index contributed by atoms with van der Waals surface area (Å²) in [6, 6.07) is -9.36. The third-order valence-electron chi connectivity index (χ3n) is 18.9. The fourth-order valence-corrected chi connectivity index (χ4v) is 14.6. The Morgan fingerprint density at radius 3 is 1.56 bits per heavy atom. The maximum absolute atomic E-state index is 15.5. The summed E-state index contributed by atoms with van der Waals surface area (Å²) in [6.07, 6.45) is 2.25. The van der Waals surface area contributed by atoms with Crippen LogP contribution in [0.1, 0.15) is 142 Å². The molecule has 111 heavy (non-hydrogen) atoms. The topological polar surface area (TPSA) is 704 Å². The lowest BCUT2D eigenvalue weighted by Crippen LogP contribution is -2.63. The maximum atomic E-state index is 15.5. The SMILES string of the molecule is CC[C@H](C)[C@@H]1NC(=O)[C@@H](CCCN=C(N)N)NC(=O)CNC(=O)CNC(=O)[C@@H](C2CCCCC2)NC(=O)[C@H](NC(=O)[C@H](N)CCCN=C(N)N)CSSC[C@H](C(N)=O)NC(=O)[C@@H](CCCN=C(N)N)NC(=O)[C@@H]2Cc3ccccc3CN2C(=O)[C@@H]([C@@H](C)CC)NC(=O)[C@H](CCCN=C(N)N)NC(=O)[C@@H](CC(=O)O)NC1=O. The van der Waals surface area contributed by atoms with Crippen LogP contribution in [-0.4, -0.2) is 234 Å². The van der Waals surface area contributed by atoms with Gasteiger partial charge < -0.3 is 126 Å². The van der Waals surface area contributed by atoms with Crippen molar-refractivity contribution in [2.75, 3.05) is 50.8 Å². The first kappa shape index (κ1) is 92.9. The molecule has 41 nitrogen and oxygen atoms in total. The first-order valence-corrected chi connectivity index (χ1v) is 39.5. The summed E-state index contributed by atoms with van der Waals surface area (Å²) in [6.45, 7) is 4.90. The molecule has 2 heterocycles. The summed E-state index contributed by atoms with van der Waals surface area (Å²) >= 11 is 0. The zero-order chi connectivity index (χ0) is 82.4. The molecule has 1 aliphatic carbocycles. The molecule has 618 valence electrons. The molecule has 43 heteroatoms. The average molecular weight is 1600 g/mol. The second-order valence-electron chi connectivity index (χ2n) is 27.5. The standard InChI is InChI=1S/C68H114N26O15S2/c1-5-35(3)51-63(108)88-44(29-50(97)98)59(104)86-43(23-15-27-82-68(77)78)58(103)92-52(36(4)6-2)64(109)94-32-39-19-11-10-18-38(39)28-47(94)61(106)87-42(22-14-26-81-67(75)76)56(101)89-45(54(70)99)33-110-111-34-46(90-55(100)40(69)20-12-24-79-65(71)72)60(105)93-53(37-16-8-7-9-17-37)62(107)84-30-48(95)83-31-49(96)85-41(57(102)91-51)21-13-25-80-66(73)74/h10-11,18-19,35-37,40-47,51-53H,5-9,12-17,20-34,69H2,1-4H3,(H2,70,99)(H,83,95)(H,84,107)(H,85,96)(H,86,104)(H,87,106)(H,88,108)(H,89,101)(H,90,100)(H,91,102)(H,92,103)(H,93,105)(H,97,98)(H4,71,72,79)(H4,73,74,80)(H4,75,76,81)(H4,77,78,82)/t35-,36-,40+,41+,42+,43-,44+,45+,46+,47-,51-,52+,53+/m0/s1. The van der Waals surface area contributed by atoms with Gasteiger partial charge in [0.15, 0.2) is 23.8 Å². The molecule has 32 N–H and O–H groups in total. The molecule has 0 unspecified atom stereocenters. The number of amides is 13. The van der Waals surface area contributed by atoms with E-state index in [4.69, 9.17) is 57.3 Å². The Morgan fingerprint density at radius 1 is 0.541 bits per heavy atom. The van der Waals surface area contributed by atoms with Crippen molar-refractivity contribution in [2.45, 2.75) is 210 Å². The number of carboxylic acids is 1. The number of guanidine groups is 4. The molecule has 0 spiro atoms. The molecule has 1 saturated heterocycles. The van der Waals surface area contributed by atoms with Crippen LogP contribution in [0, 0.1) is 17.8 Å². The smallest absolute Gasteiger partial charge is 0.305 e. The van der Waals surface area contributed by atoms with E-state index in [-0.39, 0.29) is 139 Å². The number of carboxylic acid groups (broad SMARTS) is 1. The third-order valence-corrected chi connectivity index (χ3v) is 21.3. The van der Waals surface area contributed by atoms with Gasteiger partial charge in [0.1, 0.15) is 60.4 Å². The number of nitrogens with two attached hydrogens (primary N) is 10. The normalized spacial score (nSPS) is 24.1. The summed E-state index contributed by atoms with van der Waals surface area (Å²) in [5.74, 6) is -17.1. The quantitative estimate of drug-likeness (QED) is 0.0177. The van der Waals surface area contributed by atoms with Gasteiger partial charge in [0, 0.05) is 50.7 Å². The molecule has 3 aliphatic rings. The van der Waals surface area contributed by atoms with Crippen LogP contribution in [0.5, 0.6) is 0 Å². The van der Waals surface area contributed by atoms with E-state index in [2.05, 4.69) is 78.5 Å². The highest BCUT2D eigenvalue weighted by Crippen LogP contribution is 2.30. The Hall–Kier alpha value is -10.5. The van der Waals surface area contributed by atoms with Gasteiger partial charge in [0.2, 0.25) is 76.8 Å². The first-order chi connectivity index (χ1) is 52.6. The Bertz CT molecular complexity index is 3500. The maximum Gasteiger partial charge on any atom is 0.305 e. The zero-order valence-electron chi connectivity index (χ0n) is 63.3. The largest absolute Gasteiger partial charge is 0.481 e. The van der Waals surface area contributed by atoms with E-state index in [9.17, 15) is 62.6 Å². The minimum absolute atomic E-state index is 0.00183. The number of carbonyl (C=O) groups is 14. The molecule has 0 aromatic heterocycles. The van der Waals surface area contributed by atoms with Crippen LogP contribution in [0.15, 0.2) is 44.2 Å². The van der Waals surface area contributed by atoms with Gasteiger partial charge in [0.25, 0.3) is 0 Å². The summed E-state index contributed by atoms with van der Waals surface area (Å²) in [5, 5.41) is 38.8. The minimum atomic E-state index is -1.95. The van der Waals surface area contributed by atoms with Crippen molar-refractivity contribution >= 4 is 128 Å². The lowest BCUT2D eigenvalue weighted by Gasteiger charge is -2.40. The molecule has 0 bridgehead atoms. The van der Waals surface area contributed by atoms with Gasteiger partial charge in [-0.05, 0) is 93.1 Å². The zero-order valence-corrected chi connectivity index (χ0v) is 64.9. The molecule has 1 saturated carbocycles. The van der Waals surface area contributed by atoms with Crippen LogP contribution < -0.4 is 116 Å². The molecule has 1 aromatic carbocycles. The highest BCUT2D eigenvalue weighted by Gasteiger charge is 2.43. The lowest BCUT2D eigenvalue weighted by molar-refractivity contribution is -0.147. The van der Waals surface area contributed by atoms with Crippen LogP contribution in [0.2, 0.25) is 0 Å². The number of aliphatic imine (C=N–C) groups is 4. The van der Waals surface area contributed by atoms with Gasteiger partial charge in [-0.15, -0.1) is 0 Å². The number of nitrogens with zero attached hydrogens (tertiary/aromatic N) is 5. The third kappa shape index (κ3) is 32.9. The Labute approximate surface area is 652 Å². The van der Waals surface area contributed by atoms with E-state index in [1.54, 1.807) is 52.0 Å². The van der Waals surface area contributed by atoms with Crippen molar-refractivity contribution in [3.8, 4) is 0 Å². The molecule has 4 rings (SSSR count). The number of rotatable bonds is 26. The lowest BCUT2D eigenvalue weighted by atomic mass is 9.83. The molecule has 2 fully saturated rings. The Balaban J connectivity index is 1.89. The molecule has 0 radical (unpaired) electrons. The number of aliphatic carboxylic acids is 1. The minimum Gasteiger partial charge on any atom is -0.481 e. The highest BCUT2D eigenvalue weighted by atomic mass is 33.1. The number of carbonyl (C=O) groups excluding carboxylic acids is 13. The van der Waals surface area contributed by atoms with Gasteiger partial charge >= 0.3 is 5.97 Å². The Kier molecular flexibility index (Phi) is 40.4. The first-order valence-electron chi connectivity index (χ1n) is 37.0. The van der Waals surface area contributed by atoms with E-state index in [0.29, 0.717) is 36.8 Å². The van der Waals surface area contributed by atoms with E-state index in [1.807, 2.05) is 0 Å². The Morgan fingerprint density at radius 2 is 1.02 bits per heavy atom. The fourth-order valence-electron chi connectivity index (χ4n) is 12.3. The van der Waals surface area contributed by atoms with E-state index >= 15 is 9.59 Å². The predicted molar refractivity (Wildman–Crippen MR) is 417 cm³/mol. The molecular weight excluding hydrogens is 1490 g/mol. The second-order valence-corrected chi connectivity index (χ2v) is 30.0. The summed E-state index contributed by atoms with van der Waals surface area (Å²) < 4.78 is 0. The van der Waals surface area contributed by atoms with Gasteiger partial charge in [-0.3, -0.25) is 87.1 Å². The van der Waals surface area contributed by atoms with Crippen molar-refractivity contribution in [1.29, 1.82) is 0 Å². The molecule has 2 aliphatic heterocycles. The van der Waals surface area contributed by atoms with E-state index in [1.165, 1.54) is 4.90 Å². The van der Waals surface area contributed by atoms with Crippen LogP contribution in [0.4, 0.5) is 0 Å². The van der Waals surface area contributed by atoms with Crippen molar-refractivity contribution in [2.24, 2.45) is 95.1 Å². The number of hydrogen-bond donors (Lipinski definition) is 22. The molecule has 13 atom stereocenters. The average Bonchev–Trinajstić information content (AvgIpc) is 0.782. The molecule has 1 aromatic rings.